The molecule has 0 spiro atoms. The first-order chi connectivity index (χ1) is 16.2. The number of carbonyl (C=O) groups is 1. The molecule has 0 saturated heterocycles. The quantitative estimate of drug-likeness (QED) is 0.363. The summed E-state index contributed by atoms with van der Waals surface area (Å²) in [5.74, 6) is 1.66. The van der Waals surface area contributed by atoms with Gasteiger partial charge in [0.2, 0.25) is 5.91 Å². The maximum Gasteiger partial charge on any atom is 0.248 e. The van der Waals surface area contributed by atoms with Gasteiger partial charge in [0, 0.05) is 6.08 Å². The Morgan fingerprint density at radius 2 is 1.70 bits per heavy atom. The fraction of sp³-hybridized carbons (Fsp3) is 0.115. The lowest BCUT2D eigenvalue weighted by Crippen LogP contribution is -2.08. The van der Waals surface area contributed by atoms with E-state index in [0.717, 1.165) is 11.3 Å². The molecule has 7 nitrogen and oxygen atoms in total. The molecule has 0 aliphatic carbocycles. The average molecular weight is 441 g/mol. The van der Waals surface area contributed by atoms with Crippen LogP contribution in [0.4, 0.5) is 5.69 Å². The van der Waals surface area contributed by atoms with Gasteiger partial charge in [0.25, 0.3) is 0 Å². The van der Waals surface area contributed by atoms with Crippen LogP contribution in [0.2, 0.25) is 0 Å². The molecule has 1 heterocycles. The Balaban J connectivity index is 1.37. The van der Waals surface area contributed by atoms with Gasteiger partial charge in [-0.15, -0.1) is 5.10 Å². The molecule has 0 aliphatic rings. The second-order valence-electron chi connectivity index (χ2n) is 7.15. The summed E-state index contributed by atoms with van der Waals surface area (Å²) in [5, 5.41) is 11.1. The van der Waals surface area contributed by atoms with Crippen molar-refractivity contribution in [3.05, 3.63) is 102 Å². The second kappa shape index (κ2) is 10.8. The molecule has 1 N–H and O–H groups in total. The number of nitrogens with zero attached hydrogens (tertiary/aromatic N) is 3. The van der Waals surface area contributed by atoms with Gasteiger partial charge in [-0.05, 0) is 55.0 Å². The van der Waals surface area contributed by atoms with Crippen molar-refractivity contribution in [3.8, 4) is 17.2 Å². The van der Waals surface area contributed by atoms with Crippen LogP contribution in [0.3, 0.4) is 0 Å². The summed E-state index contributed by atoms with van der Waals surface area (Å²) in [7, 11) is 0. The zero-order valence-electron chi connectivity index (χ0n) is 18.2. The van der Waals surface area contributed by atoms with Crippen LogP contribution in [-0.4, -0.2) is 27.5 Å². The van der Waals surface area contributed by atoms with Crippen LogP contribution in [0.1, 0.15) is 18.2 Å². The van der Waals surface area contributed by atoms with Gasteiger partial charge >= 0.3 is 0 Å². The van der Waals surface area contributed by atoms with E-state index in [0.29, 0.717) is 36.0 Å². The van der Waals surface area contributed by atoms with Crippen molar-refractivity contribution in [3.63, 3.8) is 0 Å². The van der Waals surface area contributed by atoms with Gasteiger partial charge in [-0.2, -0.15) is 0 Å². The van der Waals surface area contributed by atoms with Crippen LogP contribution < -0.4 is 14.8 Å². The molecule has 1 aromatic heterocycles. The average Bonchev–Trinajstić information content (AvgIpc) is 3.28. The summed E-state index contributed by atoms with van der Waals surface area (Å²) < 4.78 is 13.1. The summed E-state index contributed by atoms with van der Waals surface area (Å²) in [6.07, 6.45) is 4.84. The summed E-state index contributed by atoms with van der Waals surface area (Å²) in [4.78, 5) is 12.5. The summed E-state index contributed by atoms with van der Waals surface area (Å²) in [6.45, 7) is 3.15. The van der Waals surface area contributed by atoms with E-state index in [4.69, 9.17) is 9.47 Å². The predicted molar refractivity (Wildman–Crippen MR) is 127 cm³/mol. The van der Waals surface area contributed by atoms with Crippen LogP contribution in [0.15, 0.2) is 91.1 Å². The number of carbonyl (C=O) groups excluding carboxylic acids is 1. The monoisotopic (exact) mass is 440 g/mol. The summed E-state index contributed by atoms with van der Waals surface area (Å²) in [5.41, 5.74) is 2.29. The smallest absolute Gasteiger partial charge is 0.248 e. The first-order valence-corrected chi connectivity index (χ1v) is 10.6. The Morgan fingerprint density at radius 1 is 0.970 bits per heavy atom. The van der Waals surface area contributed by atoms with Gasteiger partial charge in [-0.1, -0.05) is 47.7 Å². The molecular weight excluding hydrogens is 416 g/mol. The number of ether oxygens (including phenoxy) is 2. The van der Waals surface area contributed by atoms with Gasteiger partial charge in [0.15, 0.2) is 5.75 Å². The number of para-hydroxylation sites is 2. The summed E-state index contributed by atoms with van der Waals surface area (Å²) >= 11 is 0. The van der Waals surface area contributed by atoms with Crippen LogP contribution in [0.25, 0.3) is 6.08 Å². The minimum atomic E-state index is -0.296. The van der Waals surface area contributed by atoms with E-state index >= 15 is 0 Å². The maximum absolute atomic E-state index is 12.5. The lowest BCUT2D eigenvalue weighted by Gasteiger charge is -2.12. The lowest BCUT2D eigenvalue weighted by atomic mass is 10.2. The van der Waals surface area contributed by atoms with Gasteiger partial charge in [0.1, 0.15) is 17.2 Å². The molecule has 0 unspecified atom stereocenters. The van der Waals surface area contributed by atoms with Crippen LogP contribution in [0.5, 0.6) is 17.2 Å². The summed E-state index contributed by atoms with van der Waals surface area (Å²) in [6, 6.07) is 24.6. The lowest BCUT2D eigenvalue weighted by molar-refractivity contribution is -0.111. The Labute approximate surface area is 192 Å². The third-order valence-electron chi connectivity index (χ3n) is 4.66. The standard InChI is InChI=1S/C26H24N4O3/c1-2-32-22-13-15-23(16-14-22)33-25-11-7-6-10-24(25)27-26(31)17-12-21-19-30(29-28-21)18-20-8-4-3-5-9-20/h3-17,19H,2,18H2,1H3,(H,27,31)/b17-12+. The van der Waals surface area contributed by atoms with Gasteiger partial charge in [-0.3, -0.25) is 4.79 Å². The first kappa shape index (κ1) is 21.8. The number of benzene rings is 3. The molecule has 0 aliphatic heterocycles. The molecule has 0 bridgehead atoms. The molecule has 1 amide bonds. The highest BCUT2D eigenvalue weighted by Gasteiger charge is 2.08. The van der Waals surface area contributed by atoms with E-state index in [1.165, 1.54) is 6.08 Å². The molecule has 33 heavy (non-hydrogen) atoms. The SMILES string of the molecule is CCOc1ccc(Oc2ccccc2NC(=O)/C=C/c2cn(Cc3ccccc3)nn2)cc1. The highest BCUT2D eigenvalue weighted by Crippen LogP contribution is 2.30. The third kappa shape index (κ3) is 6.30. The number of hydrogen-bond acceptors (Lipinski definition) is 5. The second-order valence-corrected chi connectivity index (χ2v) is 7.15. The van der Waals surface area contributed by atoms with Crippen molar-refractivity contribution >= 4 is 17.7 Å². The minimum absolute atomic E-state index is 0.296. The molecule has 4 rings (SSSR count). The van der Waals surface area contributed by atoms with E-state index in [1.807, 2.05) is 73.7 Å². The third-order valence-corrected chi connectivity index (χ3v) is 4.66. The molecule has 0 fully saturated rings. The molecule has 7 heteroatoms. The van der Waals surface area contributed by atoms with Crippen molar-refractivity contribution < 1.29 is 14.3 Å². The Bertz CT molecular complexity index is 1220. The molecule has 4 aromatic rings. The maximum atomic E-state index is 12.5. The van der Waals surface area contributed by atoms with E-state index in [2.05, 4.69) is 15.6 Å². The van der Waals surface area contributed by atoms with Crippen LogP contribution >= 0.6 is 0 Å². The number of nitrogens with one attached hydrogen (secondary N) is 1. The zero-order valence-corrected chi connectivity index (χ0v) is 18.2. The fourth-order valence-electron chi connectivity index (χ4n) is 3.13. The van der Waals surface area contributed by atoms with E-state index < -0.39 is 0 Å². The van der Waals surface area contributed by atoms with Crippen LogP contribution in [0, 0.1) is 0 Å². The normalized spacial score (nSPS) is 10.8. The molecular formula is C26H24N4O3. The number of amides is 1. The first-order valence-electron chi connectivity index (χ1n) is 10.6. The number of rotatable bonds is 9. The number of anilines is 1. The van der Waals surface area contributed by atoms with Crippen molar-refractivity contribution in [1.29, 1.82) is 0 Å². The molecule has 0 radical (unpaired) electrons. The number of aromatic nitrogens is 3. The van der Waals surface area contributed by atoms with Crippen molar-refractivity contribution in [2.24, 2.45) is 0 Å². The topological polar surface area (TPSA) is 78.3 Å². The molecule has 0 atom stereocenters. The van der Waals surface area contributed by atoms with Crippen LogP contribution in [-0.2, 0) is 11.3 Å². The highest BCUT2D eigenvalue weighted by atomic mass is 16.5. The van der Waals surface area contributed by atoms with Crippen molar-refractivity contribution in [1.82, 2.24) is 15.0 Å². The van der Waals surface area contributed by atoms with E-state index in [-0.39, 0.29) is 5.91 Å². The van der Waals surface area contributed by atoms with Crippen molar-refractivity contribution in [2.75, 3.05) is 11.9 Å². The largest absolute Gasteiger partial charge is 0.494 e. The molecule has 166 valence electrons. The van der Waals surface area contributed by atoms with E-state index in [9.17, 15) is 4.79 Å². The molecule has 3 aromatic carbocycles. The fourth-order valence-corrected chi connectivity index (χ4v) is 3.13. The van der Waals surface area contributed by atoms with E-state index in [1.54, 1.807) is 29.1 Å². The zero-order chi connectivity index (χ0) is 22.9. The van der Waals surface area contributed by atoms with Gasteiger partial charge in [0.05, 0.1) is 25.0 Å². The predicted octanol–water partition coefficient (Wildman–Crippen LogP) is 5.17. The number of hydrogen-bond donors (Lipinski definition) is 1. The van der Waals surface area contributed by atoms with Crippen molar-refractivity contribution in [2.45, 2.75) is 13.5 Å². The Hall–Kier alpha value is -4.39. The Kier molecular flexibility index (Phi) is 7.12. The molecule has 0 saturated carbocycles. The van der Waals surface area contributed by atoms with Gasteiger partial charge < -0.3 is 14.8 Å². The highest BCUT2D eigenvalue weighted by molar-refractivity contribution is 6.02. The minimum Gasteiger partial charge on any atom is -0.494 e. The van der Waals surface area contributed by atoms with Gasteiger partial charge in [-0.25, -0.2) is 4.68 Å². The Morgan fingerprint density at radius 3 is 2.48 bits per heavy atom.